The number of nitrogens with zero attached hydrogens (tertiary/aromatic N) is 1. The van der Waals surface area contributed by atoms with Crippen molar-refractivity contribution >= 4 is 6.08 Å². The molecule has 1 aromatic rings. The zero-order valence-corrected chi connectivity index (χ0v) is 8.95. The zero-order valence-electron chi connectivity index (χ0n) is 8.95. The minimum atomic E-state index is -4.76. The van der Waals surface area contributed by atoms with Crippen LogP contribution in [0.1, 0.15) is 24.0 Å². The fraction of sp³-hybridized carbons (Fsp3) is 0.364. The molecule has 0 saturated heterocycles. The largest absolute Gasteiger partial charge is 0.504 e. The summed E-state index contributed by atoms with van der Waals surface area (Å²) in [7, 11) is 0. The minimum Gasteiger partial charge on any atom is -0.504 e. The molecule has 4 nitrogen and oxygen atoms in total. The lowest BCUT2D eigenvalue weighted by Crippen LogP contribution is -2.08. The molecular weight excluding hydrogens is 251 g/mol. The average molecular weight is 259 g/mol. The predicted molar refractivity (Wildman–Crippen MR) is 53.8 cm³/mol. The van der Waals surface area contributed by atoms with E-state index >= 15 is 0 Å². The Morgan fingerprint density at radius 2 is 1.83 bits per heavy atom. The number of carbonyl (C=O) groups excluding carboxylic acids is 1. The van der Waals surface area contributed by atoms with Crippen LogP contribution in [0.4, 0.5) is 13.2 Å². The van der Waals surface area contributed by atoms with Gasteiger partial charge < -0.3 is 10.2 Å². The first kappa shape index (κ1) is 12.4. The predicted octanol–water partition coefficient (Wildman–Crippen LogP) is 2.44. The van der Waals surface area contributed by atoms with Gasteiger partial charge in [-0.2, -0.15) is 18.2 Å². The molecule has 0 radical (unpaired) electrons. The fourth-order valence-electron chi connectivity index (χ4n) is 1.83. The first-order chi connectivity index (χ1) is 8.32. The number of aromatic hydroxyl groups is 2. The Kier molecular flexibility index (Phi) is 2.59. The van der Waals surface area contributed by atoms with Crippen LogP contribution in [-0.4, -0.2) is 16.3 Å². The Bertz CT molecular complexity index is 543. The molecule has 2 rings (SSSR count). The van der Waals surface area contributed by atoms with Gasteiger partial charge in [0, 0.05) is 5.56 Å². The van der Waals surface area contributed by atoms with Gasteiger partial charge >= 0.3 is 6.18 Å². The van der Waals surface area contributed by atoms with Crippen LogP contribution in [0.2, 0.25) is 0 Å². The van der Waals surface area contributed by atoms with E-state index in [2.05, 4.69) is 4.99 Å². The van der Waals surface area contributed by atoms with E-state index in [0.29, 0.717) is 18.9 Å². The molecule has 0 spiro atoms. The van der Waals surface area contributed by atoms with Crippen molar-refractivity contribution in [1.29, 1.82) is 0 Å². The molecule has 0 unspecified atom stereocenters. The summed E-state index contributed by atoms with van der Waals surface area (Å²) in [4.78, 5) is 13.7. The third-order valence-electron chi connectivity index (χ3n) is 2.94. The summed E-state index contributed by atoms with van der Waals surface area (Å²) >= 11 is 0. The van der Waals surface area contributed by atoms with Crippen molar-refractivity contribution in [2.24, 2.45) is 4.99 Å². The molecule has 1 aliphatic carbocycles. The molecule has 0 amide bonds. The number of isocyanates is 1. The Morgan fingerprint density at radius 3 is 2.28 bits per heavy atom. The summed E-state index contributed by atoms with van der Waals surface area (Å²) in [5, 5.41) is 19.0. The van der Waals surface area contributed by atoms with Crippen LogP contribution in [0.5, 0.6) is 11.5 Å². The maximum Gasteiger partial charge on any atom is 0.420 e. The lowest BCUT2D eigenvalue weighted by atomic mass is 10.0. The van der Waals surface area contributed by atoms with Crippen molar-refractivity contribution in [1.82, 2.24) is 0 Å². The van der Waals surface area contributed by atoms with Gasteiger partial charge in [-0.25, -0.2) is 4.79 Å². The summed E-state index contributed by atoms with van der Waals surface area (Å²) in [6.07, 6.45) is -2.60. The molecule has 2 N–H and O–H groups in total. The highest BCUT2D eigenvalue weighted by molar-refractivity contribution is 5.56. The molecule has 1 aliphatic rings. The van der Waals surface area contributed by atoms with Crippen LogP contribution in [0.25, 0.3) is 0 Å². The second-order valence-corrected chi connectivity index (χ2v) is 4.09. The normalized spacial score (nSPS) is 17.1. The highest BCUT2D eigenvalue weighted by atomic mass is 19.4. The van der Waals surface area contributed by atoms with E-state index in [4.69, 9.17) is 0 Å². The summed E-state index contributed by atoms with van der Waals surface area (Å²) in [6.45, 7) is 0. The number of rotatable bonds is 2. The number of halogens is 3. The summed E-state index contributed by atoms with van der Waals surface area (Å²) < 4.78 is 37.4. The molecule has 7 heteroatoms. The van der Waals surface area contributed by atoms with Crippen molar-refractivity contribution in [3.05, 3.63) is 23.3 Å². The van der Waals surface area contributed by atoms with Gasteiger partial charge in [0.05, 0.1) is 0 Å². The van der Waals surface area contributed by atoms with Crippen LogP contribution in [-0.2, 0) is 16.5 Å². The van der Waals surface area contributed by atoms with Crippen LogP contribution in [0.3, 0.4) is 0 Å². The molecule has 0 aliphatic heterocycles. The number of phenols is 2. The maximum absolute atomic E-state index is 12.5. The summed E-state index contributed by atoms with van der Waals surface area (Å²) in [5.41, 5.74) is -2.35. The molecular formula is C11H8F3NO3. The molecule has 0 heterocycles. The molecule has 0 atom stereocenters. The van der Waals surface area contributed by atoms with Gasteiger partial charge in [-0.05, 0) is 18.9 Å². The Hall–Kier alpha value is -2.01. The van der Waals surface area contributed by atoms with Crippen molar-refractivity contribution < 1.29 is 28.2 Å². The van der Waals surface area contributed by atoms with Crippen LogP contribution in [0, 0.1) is 0 Å². The smallest absolute Gasteiger partial charge is 0.420 e. The van der Waals surface area contributed by atoms with Gasteiger partial charge in [0.15, 0.2) is 11.5 Å². The number of alkyl halides is 3. The third-order valence-corrected chi connectivity index (χ3v) is 2.94. The summed E-state index contributed by atoms with van der Waals surface area (Å²) in [6, 6.07) is 1.68. The third kappa shape index (κ3) is 1.82. The lowest BCUT2D eigenvalue weighted by Gasteiger charge is -2.15. The first-order valence-electron chi connectivity index (χ1n) is 5.03. The van der Waals surface area contributed by atoms with Crippen LogP contribution in [0.15, 0.2) is 17.1 Å². The minimum absolute atomic E-state index is 0.0105. The van der Waals surface area contributed by atoms with Crippen molar-refractivity contribution in [2.45, 2.75) is 24.6 Å². The molecule has 18 heavy (non-hydrogen) atoms. The SMILES string of the molecule is O=C=NC1(c2ccc(C(F)(F)F)c(O)c2O)CC1. The quantitative estimate of drug-likeness (QED) is 0.487. The van der Waals surface area contributed by atoms with Crippen molar-refractivity contribution in [3.63, 3.8) is 0 Å². The van der Waals surface area contributed by atoms with Crippen molar-refractivity contribution in [3.8, 4) is 11.5 Å². The van der Waals surface area contributed by atoms with Gasteiger partial charge in [-0.3, -0.25) is 0 Å². The fourth-order valence-corrected chi connectivity index (χ4v) is 1.83. The number of hydrogen-bond acceptors (Lipinski definition) is 4. The Morgan fingerprint density at radius 1 is 1.22 bits per heavy atom. The zero-order chi connectivity index (χ0) is 13.6. The molecule has 0 aromatic heterocycles. The average Bonchev–Trinajstić information content (AvgIpc) is 3.01. The molecule has 0 bridgehead atoms. The van der Waals surface area contributed by atoms with E-state index < -0.39 is 28.8 Å². The monoisotopic (exact) mass is 259 g/mol. The number of benzene rings is 1. The van der Waals surface area contributed by atoms with Gasteiger partial charge in [0.1, 0.15) is 11.1 Å². The highest BCUT2D eigenvalue weighted by Crippen LogP contribution is 2.55. The summed E-state index contributed by atoms with van der Waals surface area (Å²) in [5.74, 6) is -2.13. The molecule has 96 valence electrons. The van der Waals surface area contributed by atoms with Gasteiger partial charge in [0.2, 0.25) is 6.08 Å². The van der Waals surface area contributed by atoms with Crippen molar-refractivity contribution in [2.75, 3.05) is 0 Å². The lowest BCUT2D eigenvalue weighted by molar-refractivity contribution is -0.138. The number of phenolic OH excluding ortho intramolecular Hbond substituents is 2. The van der Waals surface area contributed by atoms with Gasteiger partial charge in [0.25, 0.3) is 0 Å². The topological polar surface area (TPSA) is 69.9 Å². The number of hydrogen-bond donors (Lipinski definition) is 2. The van der Waals surface area contributed by atoms with E-state index in [1.807, 2.05) is 0 Å². The van der Waals surface area contributed by atoms with Crippen LogP contribution < -0.4 is 0 Å². The van der Waals surface area contributed by atoms with Gasteiger partial charge in [-0.15, -0.1) is 0 Å². The van der Waals surface area contributed by atoms with E-state index in [1.54, 1.807) is 0 Å². The second-order valence-electron chi connectivity index (χ2n) is 4.09. The van der Waals surface area contributed by atoms with E-state index in [-0.39, 0.29) is 5.56 Å². The molecule has 1 fully saturated rings. The Labute approximate surface area is 99.4 Å². The van der Waals surface area contributed by atoms with E-state index in [0.717, 1.165) is 6.07 Å². The standard InChI is InChI=1S/C11H8F3NO3/c12-11(13,14)7-2-1-6(8(17)9(7)18)10(3-4-10)15-5-16/h1-2,17-18H,3-4H2. The van der Waals surface area contributed by atoms with E-state index in [1.165, 1.54) is 6.08 Å². The highest BCUT2D eigenvalue weighted by Gasteiger charge is 2.48. The Balaban J connectivity index is 2.55. The number of aliphatic imine (C=N–C) groups is 1. The maximum atomic E-state index is 12.5. The first-order valence-corrected chi connectivity index (χ1v) is 5.03. The van der Waals surface area contributed by atoms with Crippen LogP contribution >= 0.6 is 0 Å². The second kappa shape index (κ2) is 3.74. The molecule has 1 aromatic carbocycles. The molecule has 1 saturated carbocycles. The van der Waals surface area contributed by atoms with E-state index in [9.17, 15) is 28.2 Å². The van der Waals surface area contributed by atoms with Gasteiger partial charge in [-0.1, -0.05) is 6.07 Å².